The summed E-state index contributed by atoms with van der Waals surface area (Å²) >= 11 is 0. The molecule has 0 aromatic rings. The van der Waals surface area contributed by atoms with Gasteiger partial charge in [-0.05, 0) is 5.92 Å². The standard InChI is InChI=1S/C6H16N2O2/c1-5(2)6(4-9)8(3)7-10/h5-7,9-10H,4H2,1-3H3. The molecule has 0 radical (unpaired) electrons. The highest BCUT2D eigenvalue weighted by Crippen LogP contribution is 2.04. The molecule has 0 aromatic heterocycles. The number of hydrogen-bond donors (Lipinski definition) is 3. The van der Waals surface area contributed by atoms with E-state index in [1.54, 1.807) is 7.05 Å². The number of nitrogens with one attached hydrogen (secondary N) is 1. The predicted molar refractivity (Wildman–Crippen MR) is 38.4 cm³/mol. The summed E-state index contributed by atoms with van der Waals surface area (Å²) in [5.41, 5.74) is 1.97. The van der Waals surface area contributed by atoms with E-state index in [0.29, 0.717) is 5.92 Å². The first kappa shape index (κ1) is 9.84. The van der Waals surface area contributed by atoms with Gasteiger partial charge in [0, 0.05) is 7.05 Å². The molecule has 62 valence electrons. The van der Waals surface area contributed by atoms with Gasteiger partial charge in [-0.1, -0.05) is 13.8 Å². The molecule has 10 heavy (non-hydrogen) atoms. The van der Waals surface area contributed by atoms with Crippen molar-refractivity contribution >= 4 is 0 Å². The van der Waals surface area contributed by atoms with Gasteiger partial charge in [-0.2, -0.15) is 0 Å². The SMILES string of the molecule is CC(C)C(CO)N(C)NO. The Kier molecular flexibility index (Phi) is 4.55. The minimum absolute atomic E-state index is 0.0370. The normalized spacial score (nSPS) is 14.7. The van der Waals surface area contributed by atoms with Gasteiger partial charge in [0.1, 0.15) is 0 Å². The second-order valence-electron chi connectivity index (χ2n) is 2.70. The van der Waals surface area contributed by atoms with E-state index in [9.17, 15) is 0 Å². The number of hydrogen-bond acceptors (Lipinski definition) is 4. The third-order valence-corrected chi connectivity index (χ3v) is 1.61. The lowest BCUT2D eigenvalue weighted by atomic mass is 10.1. The van der Waals surface area contributed by atoms with Crippen molar-refractivity contribution < 1.29 is 10.3 Å². The molecule has 3 N–H and O–H groups in total. The highest BCUT2D eigenvalue weighted by Gasteiger charge is 2.16. The molecule has 0 amide bonds. The minimum atomic E-state index is -0.0370. The fourth-order valence-electron chi connectivity index (χ4n) is 0.855. The van der Waals surface area contributed by atoms with Crippen molar-refractivity contribution in [3.63, 3.8) is 0 Å². The molecular formula is C6H16N2O2. The molecule has 0 spiro atoms. The van der Waals surface area contributed by atoms with Gasteiger partial charge in [-0.25, -0.2) is 5.01 Å². The van der Waals surface area contributed by atoms with Gasteiger partial charge in [0.15, 0.2) is 0 Å². The Labute approximate surface area is 61.4 Å². The maximum atomic E-state index is 8.81. The van der Waals surface area contributed by atoms with Gasteiger partial charge in [-0.15, -0.1) is 5.59 Å². The molecule has 0 saturated carbocycles. The second-order valence-corrected chi connectivity index (χ2v) is 2.70. The first-order chi connectivity index (χ1) is 4.63. The van der Waals surface area contributed by atoms with E-state index in [0.717, 1.165) is 0 Å². The van der Waals surface area contributed by atoms with E-state index >= 15 is 0 Å². The lowest BCUT2D eigenvalue weighted by Gasteiger charge is -2.27. The summed E-state index contributed by atoms with van der Waals surface area (Å²) in [6.45, 7) is 4.01. The van der Waals surface area contributed by atoms with Crippen molar-refractivity contribution in [2.75, 3.05) is 13.7 Å². The molecule has 0 aliphatic heterocycles. The molecule has 1 atom stereocenters. The van der Waals surface area contributed by atoms with E-state index in [1.807, 2.05) is 19.4 Å². The highest BCUT2D eigenvalue weighted by atomic mass is 16.5. The number of rotatable bonds is 4. The van der Waals surface area contributed by atoms with Crippen LogP contribution in [-0.2, 0) is 0 Å². The van der Waals surface area contributed by atoms with Crippen LogP contribution in [0.2, 0.25) is 0 Å². The summed E-state index contributed by atoms with van der Waals surface area (Å²) in [7, 11) is 1.68. The van der Waals surface area contributed by atoms with E-state index in [4.69, 9.17) is 10.3 Å². The second kappa shape index (κ2) is 4.62. The van der Waals surface area contributed by atoms with Crippen molar-refractivity contribution in [3.05, 3.63) is 0 Å². The van der Waals surface area contributed by atoms with E-state index in [-0.39, 0.29) is 12.6 Å². The Bertz CT molecular complexity index is 87.8. The van der Waals surface area contributed by atoms with Crippen LogP contribution in [0.1, 0.15) is 13.8 Å². The number of aliphatic hydroxyl groups excluding tert-OH is 1. The molecule has 0 fully saturated rings. The van der Waals surface area contributed by atoms with Gasteiger partial charge in [0.2, 0.25) is 0 Å². The Hall–Kier alpha value is -0.160. The maximum Gasteiger partial charge on any atom is 0.0604 e. The Morgan fingerprint density at radius 1 is 1.50 bits per heavy atom. The van der Waals surface area contributed by atoms with Crippen molar-refractivity contribution in [2.45, 2.75) is 19.9 Å². The molecule has 4 heteroatoms. The molecule has 4 nitrogen and oxygen atoms in total. The first-order valence-corrected chi connectivity index (χ1v) is 3.37. The molecule has 0 bridgehead atoms. The van der Waals surface area contributed by atoms with Gasteiger partial charge in [0.05, 0.1) is 12.6 Å². The quantitative estimate of drug-likeness (QED) is 0.484. The lowest BCUT2D eigenvalue weighted by molar-refractivity contribution is -0.0552. The summed E-state index contributed by atoms with van der Waals surface area (Å²) in [5, 5.41) is 18.7. The van der Waals surface area contributed by atoms with Crippen LogP contribution in [0, 0.1) is 5.92 Å². The highest BCUT2D eigenvalue weighted by molar-refractivity contribution is 4.66. The Morgan fingerprint density at radius 3 is 2.10 bits per heavy atom. The van der Waals surface area contributed by atoms with Crippen LogP contribution in [0.25, 0.3) is 0 Å². The minimum Gasteiger partial charge on any atom is -0.395 e. The smallest absolute Gasteiger partial charge is 0.0604 e. The van der Waals surface area contributed by atoms with Crippen LogP contribution >= 0.6 is 0 Å². The zero-order chi connectivity index (χ0) is 8.15. The van der Waals surface area contributed by atoms with E-state index < -0.39 is 0 Å². The fourth-order valence-corrected chi connectivity index (χ4v) is 0.855. The molecule has 0 heterocycles. The number of nitrogens with zero attached hydrogens (tertiary/aromatic N) is 1. The van der Waals surface area contributed by atoms with Crippen molar-refractivity contribution in [1.82, 2.24) is 10.6 Å². The summed E-state index contributed by atoms with van der Waals surface area (Å²) in [6.07, 6.45) is 0. The first-order valence-electron chi connectivity index (χ1n) is 3.37. The maximum absolute atomic E-state index is 8.81. The van der Waals surface area contributed by atoms with E-state index in [2.05, 4.69) is 0 Å². The molecule has 0 rings (SSSR count). The summed E-state index contributed by atoms with van der Waals surface area (Å²) in [4.78, 5) is 0. The van der Waals surface area contributed by atoms with E-state index in [1.165, 1.54) is 5.01 Å². The topological polar surface area (TPSA) is 55.7 Å². The average Bonchev–Trinajstić information content (AvgIpc) is 1.88. The zero-order valence-electron chi connectivity index (χ0n) is 6.70. The third-order valence-electron chi connectivity index (χ3n) is 1.61. The van der Waals surface area contributed by atoms with Crippen molar-refractivity contribution in [2.24, 2.45) is 5.92 Å². The molecule has 0 aromatic carbocycles. The molecule has 0 saturated heterocycles. The fraction of sp³-hybridized carbons (Fsp3) is 1.00. The third kappa shape index (κ3) is 2.62. The largest absolute Gasteiger partial charge is 0.395 e. The van der Waals surface area contributed by atoms with Gasteiger partial charge in [-0.3, -0.25) is 0 Å². The van der Waals surface area contributed by atoms with Crippen LogP contribution in [0.5, 0.6) is 0 Å². The van der Waals surface area contributed by atoms with Gasteiger partial charge >= 0.3 is 0 Å². The number of aliphatic hydroxyl groups is 1. The molecular weight excluding hydrogens is 132 g/mol. The predicted octanol–water partition coefficient (Wildman–Crippen LogP) is -0.171. The Balaban J connectivity index is 3.80. The molecule has 0 aliphatic rings. The number of hydrazine groups is 1. The lowest BCUT2D eigenvalue weighted by Crippen LogP contribution is -2.45. The summed E-state index contributed by atoms with van der Waals surface area (Å²) in [6, 6.07) is -0.0370. The van der Waals surface area contributed by atoms with Gasteiger partial charge < -0.3 is 10.3 Å². The summed E-state index contributed by atoms with van der Waals surface area (Å²) in [5.74, 6) is 0.314. The zero-order valence-corrected chi connectivity index (χ0v) is 6.70. The molecule has 1 unspecified atom stereocenters. The summed E-state index contributed by atoms with van der Waals surface area (Å²) < 4.78 is 0. The monoisotopic (exact) mass is 148 g/mol. The van der Waals surface area contributed by atoms with Crippen molar-refractivity contribution in [3.8, 4) is 0 Å². The molecule has 0 aliphatic carbocycles. The van der Waals surface area contributed by atoms with Gasteiger partial charge in [0.25, 0.3) is 0 Å². The number of likely N-dealkylation sites (N-methyl/N-ethyl adjacent to an activating group) is 1. The van der Waals surface area contributed by atoms with Crippen LogP contribution in [0.4, 0.5) is 0 Å². The average molecular weight is 148 g/mol. The van der Waals surface area contributed by atoms with Crippen LogP contribution in [0.15, 0.2) is 0 Å². The van der Waals surface area contributed by atoms with Crippen LogP contribution in [-0.4, -0.2) is 35.0 Å². The van der Waals surface area contributed by atoms with Crippen molar-refractivity contribution in [1.29, 1.82) is 0 Å². The van der Waals surface area contributed by atoms with Crippen LogP contribution in [0.3, 0.4) is 0 Å². The Morgan fingerprint density at radius 2 is 2.00 bits per heavy atom. The van der Waals surface area contributed by atoms with Crippen LogP contribution < -0.4 is 5.59 Å².